The number of ether oxygens (including phenoxy) is 2. The molecule has 1 aliphatic rings. The minimum absolute atomic E-state index is 0.185. The smallest absolute Gasteiger partial charge is 0.266 e. The van der Waals surface area contributed by atoms with Crippen LogP contribution in [0.15, 0.2) is 54.0 Å². The van der Waals surface area contributed by atoms with Crippen molar-refractivity contribution in [2.75, 3.05) is 19.8 Å². The minimum atomic E-state index is -0.185. The van der Waals surface area contributed by atoms with Gasteiger partial charge in [0.1, 0.15) is 29.0 Å². The Morgan fingerprint density at radius 2 is 1.97 bits per heavy atom. The van der Waals surface area contributed by atoms with E-state index in [1.165, 1.54) is 16.7 Å². The molecule has 1 fully saturated rings. The Hall–Kier alpha value is -1.99. The van der Waals surface area contributed by atoms with Gasteiger partial charge in [-0.15, -0.1) is 6.58 Å². The number of benzene rings is 2. The second-order valence-electron chi connectivity index (χ2n) is 6.40. The van der Waals surface area contributed by atoms with Gasteiger partial charge in [-0.05, 0) is 42.8 Å². The van der Waals surface area contributed by atoms with Crippen LogP contribution in [0, 0.1) is 6.92 Å². The van der Waals surface area contributed by atoms with E-state index in [4.69, 9.17) is 44.9 Å². The van der Waals surface area contributed by atoms with Crippen LogP contribution in [-0.2, 0) is 4.79 Å². The van der Waals surface area contributed by atoms with Crippen LogP contribution in [-0.4, -0.2) is 34.9 Å². The van der Waals surface area contributed by atoms with E-state index < -0.39 is 0 Å². The number of carbonyl (C=O) groups excluding carboxylic acids is 1. The maximum absolute atomic E-state index is 12.6. The predicted molar refractivity (Wildman–Crippen MR) is 129 cm³/mol. The average molecular weight is 480 g/mol. The topological polar surface area (TPSA) is 38.8 Å². The molecule has 0 saturated carbocycles. The number of amides is 1. The highest BCUT2D eigenvalue weighted by atomic mass is 35.5. The lowest BCUT2D eigenvalue weighted by Crippen LogP contribution is -2.27. The van der Waals surface area contributed by atoms with Crippen LogP contribution in [0.3, 0.4) is 0 Å². The summed E-state index contributed by atoms with van der Waals surface area (Å²) in [5.74, 6) is 1.02. The molecule has 1 amide bonds. The fraction of sp³-hybridized carbons (Fsp3) is 0.182. The quantitative estimate of drug-likeness (QED) is 0.196. The molecule has 0 unspecified atom stereocenters. The summed E-state index contributed by atoms with van der Waals surface area (Å²) in [4.78, 5) is 14.6. The third-order valence-electron chi connectivity index (χ3n) is 4.10. The van der Waals surface area contributed by atoms with Crippen molar-refractivity contribution in [2.24, 2.45) is 0 Å². The van der Waals surface area contributed by atoms with E-state index in [-0.39, 0.29) is 12.5 Å². The Kier molecular flexibility index (Phi) is 7.83. The van der Waals surface area contributed by atoms with E-state index in [9.17, 15) is 4.79 Å². The number of aryl methyl sites for hydroxylation is 1. The first-order valence-electron chi connectivity index (χ1n) is 9.06. The van der Waals surface area contributed by atoms with Crippen molar-refractivity contribution >= 4 is 63.5 Å². The van der Waals surface area contributed by atoms with Crippen LogP contribution in [0.25, 0.3) is 6.08 Å². The molecule has 1 heterocycles. The van der Waals surface area contributed by atoms with Gasteiger partial charge >= 0.3 is 0 Å². The molecule has 3 rings (SSSR count). The highest BCUT2D eigenvalue weighted by molar-refractivity contribution is 8.26. The molecule has 156 valence electrons. The van der Waals surface area contributed by atoms with Crippen molar-refractivity contribution in [3.63, 3.8) is 0 Å². The van der Waals surface area contributed by atoms with E-state index in [2.05, 4.69) is 6.58 Å². The van der Waals surface area contributed by atoms with Crippen molar-refractivity contribution in [3.8, 4) is 11.5 Å². The second kappa shape index (κ2) is 10.4. The first kappa shape index (κ1) is 22.7. The standard InChI is InChI=1S/C22H19Cl2NO3S2/c1-3-7-25-21(26)19(30-22(25)29)12-15-11-16(23)13-18(24)20(15)28-9-8-27-17-6-4-5-14(2)10-17/h3-6,10-13H,1,7-9H2,2H3/b19-12+. The normalized spacial score (nSPS) is 15.0. The lowest BCUT2D eigenvalue weighted by molar-refractivity contribution is -0.121. The van der Waals surface area contributed by atoms with Gasteiger partial charge in [0.25, 0.3) is 5.91 Å². The molecule has 0 aliphatic carbocycles. The SMILES string of the molecule is C=CCN1C(=O)/C(=C\c2cc(Cl)cc(Cl)c2OCCOc2cccc(C)c2)SC1=S. The third-order valence-corrected chi connectivity index (χ3v) is 5.97. The maximum Gasteiger partial charge on any atom is 0.266 e. The van der Waals surface area contributed by atoms with Crippen LogP contribution in [0.1, 0.15) is 11.1 Å². The Balaban J connectivity index is 1.75. The fourth-order valence-corrected chi connectivity index (χ4v) is 4.61. The van der Waals surface area contributed by atoms with Crippen molar-refractivity contribution in [2.45, 2.75) is 6.92 Å². The summed E-state index contributed by atoms with van der Waals surface area (Å²) < 4.78 is 12.1. The van der Waals surface area contributed by atoms with Gasteiger partial charge in [0.2, 0.25) is 0 Å². The fourth-order valence-electron chi connectivity index (χ4n) is 2.78. The maximum atomic E-state index is 12.6. The number of rotatable bonds is 8. The average Bonchev–Trinajstić information content (AvgIpc) is 2.94. The Morgan fingerprint density at radius 3 is 2.70 bits per heavy atom. The monoisotopic (exact) mass is 479 g/mol. The first-order chi connectivity index (χ1) is 14.4. The summed E-state index contributed by atoms with van der Waals surface area (Å²) in [6.07, 6.45) is 3.32. The second-order valence-corrected chi connectivity index (χ2v) is 8.92. The summed E-state index contributed by atoms with van der Waals surface area (Å²) in [7, 11) is 0. The number of thiocarbonyl (C=S) groups is 1. The van der Waals surface area contributed by atoms with Crippen LogP contribution in [0.2, 0.25) is 10.0 Å². The molecule has 2 aromatic carbocycles. The van der Waals surface area contributed by atoms with Crippen LogP contribution >= 0.6 is 47.2 Å². The van der Waals surface area contributed by atoms with Crippen molar-refractivity contribution in [1.82, 2.24) is 4.90 Å². The van der Waals surface area contributed by atoms with Crippen LogP contribution in [0.4, 0.5) is 0 Å². The Labute approximate surface area is 195 Å². The zero-order valence-corrected chi connectivity index (χ0v) is 19.3. The van der Waals surface area contributed by atoms with E-state index in [0.717, 1.165) is 11.3 Å². The third kappa shape index (κ3) is 5.58. The first-order valence-corrected chi connectivity index (χ1v) is 11.0. The van der Waals surface area contributed by atoms with E-state index in [1.807, 2.05) is 31.2 Å². The number of thioether (sulfide) groups is 1. The molecule has 4 nitrogen and oxygen atoms in total. The van der Waals surface area contributed by atoms with Gasteiger partial charge in [0, 0.05) is 17.1 Å². The summed E-state index contributed by atoms with van der Waals surface area (Å²) >= 11 is 19.0. The van der Waals surface area contributed by atoms with Crippen LogP contribution in [0.5, 0.6) is 11.5 Å². The number of carbonyl (C=O) groups is 1. The molecule has 2 aromatic rings. The van der Waals surface area contributed by atoms with Gasteiger partial charge in [-0.3, -0.25) is 9.69 Å². The molecular weight excluding hydrogens is 461 g/mol. The van der Waals surface area contributed by atoms with E-state index in [1.54, 1.807) is 24.3 Å². The minimum Gasteiger partial charge on any atom is -0.490 e. The summed E-state index contributed by atoms with van der Waals surface area (Å²) in [5.41, 5.74) is 1.72. The Morgan fingerprint density at radius 1 is 1.20 bits per heavy atom. The molecule has 1 aliphatic heterocycles. The van der Waals surface area contributed by atoms with Gasteiger partial charge in [0.05, 0.1) is 9.93 Å². The zero-order valence-electron chi connectivity index (χ0n) is 16.2. The van der Waals surface area contributed by atoms with Crippen molar-refractivity contribution in [1.29, 1.82) is 0 Å². The highest BCUT2D eigenvalue weighted by Gasteiger charge is 2.31. The number of nitrogens with zero attached hydrogens (tertiary/aromatic N) is 1. The van der Waals surface area contributed by atoms with E-state index >= 15 is 0 Å². The van der Waals surface area contributed by atoms with Gasteiger partial charge in [-0.25, -0.2) is 0 Å². The van der Waals surface area contributed by atoms with Crippen LogP contribution < -0.4 is 9.47 Å². The molecule has 1 saturated heterocycles. The van der Waals surface area contributed by atoms with E-state index in [0.29, 0.717) is 43.7 Å². The number of hydrogen-bond acceptors (Lipinski definition) is 5. The number of halogens is 2. The predicted octanol–water partition coefficient (Wildman–Crippen LogP) is 6.15. The lowest BCUT2D eigenvalue weighted by Gasteiger charge is -2.13. The molecule has 8 heteroatoms. The highest BCUT2D eigenvalue weighted by Crippen LogP contribution is 2.38. The largest absolute Gasteiger partial charge is 0.490 e. The molecule has 0 atom stereocenters. The summed E-state index contributed by atoms with van der Waals surface area (Å²) in [6.45, 7) is 6.63. The molecule has 30 heavy (non-hydrogen) atoms. The van der Waals surface area contributed by atoms with Gasteiger partial charge < -0.3 is 9.47 Å². The summed E-state index contributed by atoms with van der Waals surface area (Å²) in [5, 5.41) is 0.794. The van der Waals surface area contributed by atoms with Gasteiger partial charge in [-0.2, -0.15) is 0 Å². The molecule has 0 radical (unpaired) electrons. The van der Waals surface area contributed by atoms with Crippen molar-refractivity contribution in [3.05, 3.63) is 75.1 Å². The van der Waals surface area contributed by atoms with Gasteiger partial charge in [0.15, 0.2) is 0 Å². The molecule has 0 N–H and O–H groups in total. The Bertz CT molecular complexity index is 1020. The lowest BCUT2D eigenvalue weighted by atomic mass is 10.1. The molecule has 0 bridgehead atoms. The number of hydrogen-bond donors (Lipinski definition) is 0. The van der Waals surface area contributed by atoms with Gasteiger partial charge in [-0.1, -0.05) is 65.4 Å². The zero-order chi connectivity index (χ0) is 21.7. The molecule has 0 spiro atoms. The molecular formula is C22H19Cl2NO3S2. The molecule has 0 aromatic heterocycles. The van der Waals surface area contributed by atoms with Crippen molar-refractivity contribution < 1.29 is 14.3 Å². The summed E-state index contributed by atoms with van der Waals surface area (Å²) in [6, 6.07) is 11.1.